The number of allylic oxidation sites excluding steroid dienone is 1. The third kappa shape index (κ3) is 4.00. The van der Waals surface area contributed by atoms with Crippen LogP contribution < -0.4 is 4.74 Å². The summed E-state index contributed by atoms with van der Waals surface area (Å²) in [6, 6.07) is 16.1. The minimum absolute atomic E-state index is 0.0446. The first-order valence-electron chi connectivity index (χ1n) is 7.22. The second-order valence-electron chi connectivity index (χ2n) is 4.90. The van der Waals surface area contributed by atoms with Gasteiger partial charge in [-0.2, -0.15) is 5.26 Å². The summed E-state index contributed by atoms with van der Waals surface area (Å²) in [6.45, 7) is 0.276. The average molecular weight is 335 g/mol. The predicted molar refractivity (Wildman–Crippen MR) is 91.9 cm³/mol. The molecule has 3 rings (SSSR count). The number of hydrogen-bond acceptors (Lipinski definition) is 5. The number of carbonyl (C=O) groups is 1. The normalized spacial score (nSPS) is 10.6. The summed E-state index contributed by atoms with van der Waals surface area (Å²) in [5.74, 6) is 1.87. The minimum atomic E-state index is -0.0446. The first kappa shape index (κ1) is 15.8. The Bertz CT molecular complexity index is 884. The van der Waals surface area contributed by atoms with E-state index in [4.69, 9.17) is 14.4 Å². The Hall–Kier alpha value is -3.10. The lowest BCUT2D eigenvalue weighted by molar-refractivity contribution is 0.105. The lowest BCUT2D eigenvalue weighted by Crippen LogP contribution is -1.93. The highest BCUT2D eigenvalue weighted by molar-refractivity contribution is 7.12. The molecule has 0 aliphatic heterocycles. The molecular formula is C19H13NO3S. The molecule has 2 aromatic heterocycles. The van der Waals surface area contributed by atoms with E-state index in [1.165, 1.54) is 17.4 Å². The molecule has 1 aromatic carbocycles. The molecule has 0 N–H and O–H groups in total. The van der Waals surface area contributed by atoms with Crippen LogP contribution in [-0.4, -0.2) is 5.78 Å². The van der Waals surface area contributed by atoms with Crippen molar-refractivity contribution in [3.05, 3.63) is 81.9 Å². The van der Waals surface area contributed by atoms with Gasteiger partial charge in [0.15, 0.2) is 5.78 Å². The minimum Gasteiger partial charge on any atom is -0.486 e. The van der Waals surface area contributed by atoms with Gasteiger partial charge in [0.25, 0.3) is 0 Å². The van der Waals surface area contributed by atoms with E-state index in [0.717, 1.165) is 0 Å². The number of ketones is 1. The predicted octanol–water partition coefficient (Wildman–Crippen LogP) is 4.69. The molecule has 0 amide bonds. The molecule has 0 saturated heterocycles. The van der Waals surface area contributed by atoms with Crippen LogP contribution in [0.3, 0.4) is 0 Å². The van der Waals surface area contributed by atoms with Gasteiger partial charge in [0.1, 0.15) is 23.9 Å². The summed E-state index contributed by atoms with van der Waals surface area (Å²) in [5.41, 5.74) is 0.586. The second-order valence-corrected chi connectivity index (χ2v) is 5.85. The molecule has 0 saturated carbocycles. The monoisotopic (exact) mass is 335 g/mol. The second kappa shape index (κ2) is 7.44. The van der Waals surface area contributed by atoms with Crippen molar-refractivity contribution in [3.63, 3.8) is 0 Å². The van der Waals surface area contributed by atoms with E-state index in [1.807, 2.05) is 11.4 Å². The van der Waals surface area contributed by atoms with Crippen molar-refractivity contribution in [2.45, 2.75) is 6.61 Å². The molecule has 118 valence electrons. The van der Waals surface area contributed by atoms with Crippen LogP contribution in [0.4, 0.5) is 0 Å². The lowest BCUT2D eigenvalue weighted by Gasteiger charge is -2.03. The van der Waals surface area contributed by atoms with Crippen molar-refractivity contribution in [2.75, 3.05) is 0 Å². The van der Waals surface area contributed by atoms with Crippen molar-refractivity contribution in [3.8, 4) is 11.8 Å². The van der Waals surface area contributed by atoms with E-state index in [9.17, 15) is 4.79 Å². The van der Waals surface area contributed by atoms with Crippen LogP contribution in [0.15, 0.2) is 64.4 Å². The van der Waals surface area contributed by atoms with Crippen LogP contribution in [0.1, 0.15) is 26.8 Å². The van der Waals surface area contributed by atoms with Crippen molar-refractivity contribution in [1.82, 2.24) is 0 Å². The number of rotatable bonds is 6. The number of nitrogens with zero attached hydrogens (tertiary/aromatic N) is 1. The van der Waals surface area contributed by atoms with Crippen LogP contribution in [-0.2, 0) is 6.61 Å². The standard InChI is InChI=1S/C19H13NO3S/c20-12-14-3-5-15(6-4-14)22-13-17-8-7-16(23-17)9-10-18(21)19-2-1-11-24-19/h1-11H,13H2/b10-9+. The van der Waals surface area contributed by atoms with E-state index in [0.29, 0.717) is 27.7 Å². The maximum Gasteiger partial charge on any atom is 0.195 e. The van der Waals surface area contributed by atoms with Gasteiger partial charge in [-0.1, -0.05) is 6.07 Å². The Morgan fingerprint density at radius 1 is 1.21 bits per heavy atom. The van der Waals surface area contributed by atoms with Gasteiger partial charge < -0.3 is 9.15 Å². The van der Waals surface area contributed by atoms with Gasteiger partial charge >= 0.3 is 0 Å². The number of hydrogen-bond donors (Lipinski definition) is 0. The van der Waals surface area contributed by atoms with E-state index < -0.39 is 0 Å². The van der Waals surface area contributed by atoms with Gasteiger partial charge in [-0.15, -0.1) is 11.3 Å². The molecule has 2 heterocycles. The fourth-order valence-electron chi connectivity index (χ4n) is 2.00. The van der Waals surface area contributed by atoms with Gasteiger partial charge in [-0.3, -0.25) is 4.79 Å². The highest BCUT2D eigenvalue weighted by Gasteiger charge is 2.04. The topological polar surface area (TPSA) is 63.2 Å². The lowest BCUT2D eigenvalue weighted by atomic mass is 10.2. The Morgan fingerprint density at radius 3 is 2.75 bits per heavy atom. The van der Waals surface area contributed by atoms with Gasteiger partial charge in [0.2, 0.25) is 0 Å². The summed E-state index contributed by atoms with van der Waals surface area (Å²) in [6.07, 6.45) is 3.14. The molecule has 3 aromatic rings. The fourth-order valence-corrected chi connectivity index (χ4v) is 2.65. The Balaban J connectivity index is 1.57. The number of thiophene rings is 1. The van der Waals surface area contributed by atoms with Crippen molar-refractivity contribution in [1.29, 1.82) is 5.26 Å². The van der Waals surface area contributed by atoms with Gasteiger partial charge in [-0.05, 0) is 60.0 Å². The summed E-state index contributed by atoms with van der Waals surface area (Å²) in [7, 11) is 0. The number of ether oxygens (including phenoxy) is 1. The van der Waals surface area contributed by atoms with Crippen molar-refractivity contribution in [2.24, 2.45) is 0 Å². The van der Waals surface area contributed by atoms with Gasteiger partial charge in [0.05, 0.1) is 16.5 Å². The van der Waals surface area contributed by atoms with Crippen LogP contribution in [0.5, 0.6) is 5.75 Å². The molecule has 0 spiro atoms. The molecule has 0 aliphatic rings. The summed E-state index contributed by atoms with van der Waals surface area (Å²) in [4.78, 5) is 12.6. The first-order chi connectivity index (χ1) is 11.7. The van der Waals surface area contributed by atoms with E-state index >= 15 is 0 Å². The summed E-state index contributed by atoms with van der Waals surface area (Å²) >= 11 is 1.41. The average Bonchev–Trinajstić information content (AvgIpc) is 3.30. The molecule has 0 fully saturated rings. The third-order valence-corrected chi connectivity index (χ3v) is 4.09. The van der Waals surface area contributed by atoms with Crippen molar-refractivity contribution < 1.29 is 13.9 Å². The zero-order valence-electron chi connectivity index (χ0n) is 12.6. The maximum atomic E-state index is 11.9. The molecule has 0 aliphatic carbocycles. The van der Waals surface area contributed by atoms with E-state index in [1.54, 1.807) is 48.5 Å². The Morgan fingerprint density at radius 2 is 2.04 bits per heavy atom. The van der Waals surface area contributed by atoms with Crippen molar-refractivity contribution >= 4 is 23.2 Å². The van der Waals surface area contributed by atoms with Crippen LogP contribution in [0.25, 0.3) is 6.08 Å². The van der Waals surface area contributed by atoms with Crippen LogP contribution >= 0.6 is 11.3 Å². The smallest absolute Gasteiger partial charge is 0.195 e. The van der Waals surface area contributed by atoms with E-state index in [-0.39, 0.29) is 12.4 Å². The molecule has 4 nitrogen and oxygen atoms in total. The maximum absolute atomic E-state index is 11.9. The zero-order valence-corrected chi connectivity index (χ0v) is 13.5. The largest absolute Gasteiger partial charge is 0.486 e. The quantitative estimate of drug-likeness (QED) is 0.484. The zero-order chi connectivity index (χ0) is 16.8. The number of nitriles is 1. The Labute approximate surface area is 143 Å². The first-order valence-corrected chi connectivity index (χ1v) is 8.10. The van der Waals surface area contributed by atoms with Gasteiger partial charge in [-0.25, -0.2) is 0 Å². The molecular weight excluding hydrogens is 322 g/mol. The molecule has 0 radical (unpaired) electrons. The number of carbonyl (C=O) groups excluding carboxylic acids is 1. The molecule has 0 unspecified atom stereocenters. The molecule has 24 heavy (non-hydrogen) atoms. The molecule has 0 bridgehead atoms. The number of furan rings is 1. The summed E-state index contributed by atoms with van der Waals surface area (Å²) < 4.78 is 11.2. The number of benzene rings is 1. The highest BCUT2D eigenvalue weighted by Crippen LogP contribution is 2.16. The van der Waals surface area contributed by atoms with Crippen LogP contribution in [0, 0.1) is 11.3 Å². The highest BCUT2D eigenvalue weighted by atomic mass is 32.1. The molecule has 0 atom stereocenters. The Kier molecular flexibility index (Phi) is 4.90. The van der Waals surface area contributed by atoms with Crippen LogP contribution in [0.2, 0.25) is 0 Å². The van der Waals surface area contributed by atoms with E-state index in [2.05, 4.69) is 6.07 Å². The summed E-state index contributed by atoms with van der Waals surface area (Å²) in [5, 5.41) is 10.6. The SMILES string of the molecule is N#Cc1ccc(OCc2ccc(/C=C/C(=O)c3cccs3)o2)cc1. The van der Waals surface area contributed by atoms with Gasteiger partial charge in [0, 0.05) is 0 Å². The fraction of sp³-hybridized carbons (Fsp3) is 0.0526. The third-order valence-electron chi connectivity index (χ3n) is 3.21. The molecule has 5 heteroatoms.